The summed E-state index contributed by atoms with van der Waals surface area (Å²) in [4.78, 5) is 3.73. The van der Waals surface area contributed by atoms with Gasteiger partial charge in [-0.25, -0.2) is 4.68 Å². The summed E-state index contributed by atoms with van der Waals surface area (Å²) in [5, 5.41) is 9.22. The summed E-state index contributed by atoms with van der Waals surface area (Å²) in [6.07, 6.45) is -10.0. The Morgan fingerprint density at radius 2 is 1.73 bits per heavy atom. The second kappa shape index (κ2) is 10.4. The van der Waals surface area contributed by atoms with Gasteiger partial charge in [0.1, 0.15) is 0 Å². The van der Waals surface area contributed by atoms with Gasteiger partial charge in [0, 0.05) is 25.8 Å². The molecule has 0 aliphatic rings. The zero-order valence-corrected chi connectivity index (χ0v) is 18.8. The van der Waals surface area contributed by atoms with Crippen LogP contribution in [0.1, 0.15) is 28.9 Å². The van der Waals surface area contributed by atoms with Gasteiger partial charge in [-0.1, -0.05) is 6.07 Å². The number of alkyl halides is 6. The van der Waals surface area contributed by atoms with E-state index in [-0.39, 0.29) is 47.7 Å². The molecule has 0 amide bonds. The third kappa shape index (κ3) is 7.36. The normalized spacial score (nSPS) is 12.5. The Hall–Kier alpha value is -1.99. The fourth-order valence-corrected chi connectivity index (χ4v) is 2.73. The van der Waals surface area contributed by atoms with E-state index >= 15 is 0 Å². The van der Waals surface area contributed by atoms with Gasteiger partial charge in [-0.2, -0.15) is 31.4 Å². The third-order valence-electron chi connectivity index (χ3n) is 4.02. The van der Waals surface area contributed by atoms with Crippen LogP contribution >= 0.6 is 24.0 Å². The lowest BCUT2D eigenvalue weighted by Crippen LogP contribution is -2.38. The zero-order chi connectivity index (χ0) is 21.8. The number of halogens is 7. The number of hydrogen-bond acceptors (Lipinski definition) is 2. The van der Waals surface area contributed by atoms with Gasteiger partial charge in [0.2, 0.25) is 0 Å². The van der Waals surface area contributed by atoms with Gasteiger partial charge in [0.05, 0.1) is 23.4 Å². The van der Waals surface area contributed by atoms with Crippen molar-refractivity contribution in [2.45, 2.75) is 39.2 Å². The minimum absolute atomic E-state index is 0. The van der Waals surface area contributed by atoms with E-state index in [1.165, 1.54) is 23.9 Å². The highest BCUT2D eigenvalue weighted by molar-refractivity contribution is 14.0. The molecule has 1 aromatic carbocycles. The van der Waals surface area contributed by atoms with Crippen LogP contribution < -0.4 is 10.6 Å². The van der Waals surface area contributed by atoms with Crippen molar-refractivity contribution in [1.29, 1.82) is 0 Å². The van der Waals surface area contributed by atoms with Crippen molar-refractivity contribution in [2.75, 3.05) is 13.6 Å². The van der Waals surface area contributed by atoms with E-state index < -0.39 is 30.9 Å². The highest BCUT2D eigenvalue weighted by atomic mass is 127. The molecular formula is C18H22F6IN5. The molecule has 30 heavy (non-hydrogen) atoms. The Balaban J connectivity index is 0.00000450. The Morgan fingerprint density at radius 3 is 2.23 bits per heavy atom. The number of aryl methyl sites for hydroxylation is 2. The first kappa shape index (κ1) is 26.0. The van der Waals surface area contributed by atoms with E-state index in [0.29, 0.717) is 11.4 Å². The average molecular weight is 549 g/mol. The van der Waals surface area contributed by atoms with Crippen molar-refractivity contribution in [1.82, 2.24) is 20.4 Å². The van der Waals surface area contributed by atoms with Gasteiger partial charge < -0.3 is 10.6 Å². The first-order valence-electron chi connectivity index (χ1n) is 8.66. The van der Waals surface area contributed by atoms with Crippen LogP contribution in [0.5, 0.6) is 0 Å². The molecule has 0 atom stereocenters. The van der Waals surface area contributed by atoms with Gasteiger partial charge in [-0.15, -0.1) is 24.0 Å². The van der Waals surface area contributed by atoms with E-state index in [1.54, 1.807) is 19.9 Å². The molecule has 0 saturated heterocycles. The molecule has 0 saturated carbocycles. The summed E-state index contributed by atoms with van der Waals surface area (Å²) >= 11 is 0. The summed E-state index contributed by atoms with van der Waals surface area (Å²) in [7, 11) is 1.32. The molecule has 2 rings (SSSR count). The SMILES string of the molecule is CN=C(NCCC(F)(F)F)NCc1ccc(-n2nc(C)cc2C)cc1C(F)(F)F.I. The van der Waals surface area contributed by atoms with Crippen molar-refractivity contribution < 1.29 is 26.3 Å². The van der Waals surface area contributed by atoms with Gasteiger partial charge in [0.15, 0.2) is 5.96 Å². The number of aliphatic imine (C=N–C) groups is 1. The Kier molecular flexibility index (Phi) is 8.99. The maximum atomic E-state index is 13.6. The van der Waals surface area contributed by atoms with E-state index in [1.807, 2.05) is 0 Å². The number of benzene rings is 1. The summed E-state index contributed by atoms with van der Waals surface area (Å²) in [5.74, 6) is -0.0232. The van der Waals surface area contributed by atoms with Crippen LogP contribution in [-0.4, -0.2) is 35.5 Å². The molecule has 0 unspecified atom stereocenters. The van der Waals surface area contributed by atoms with Crippen LogP contribution in [0.4, 0.5) is 26.3 Å². The third-order valence-corrected chi connectivity index (χ3v) is 4.02. The van der Waals surface area contributed by atoms with Gasteiger partial charge in [-0.05, 0) is 37.6 Å². The fourth-order valence-electron chi connectivity index (χ4n) is 2.73. The summed E-state index contributed by atoms with van der Waals surface area (Å²) in [6.45, 7) is 2.77. The topological polar surface area (TPSA) is 54.2 Å². The number of rotatable bonds is 5. The van der Waals surface area contributed by atoms with Crippen molar-refractivity contribution in [3.8, 4) is 5.69 Å². The molecule has 0 aliphatic carbocycles. The first-order chi connectivity index (χ1) is 13.4. The largest absolute Gasteiger partial charge is 0.416 e. The van der Waals surface area contributed by atoms with E-state index in [2.05, 4.69) is 20.7 Å². The molecule has 2 aromatic rings. The van der Waals surface area contributed by atoms with Gasteiger partial charge in [-0.3, -0.25) is 4.99 Å². The molecular weight excluding hydrogens is 527 g/mol. The predicted octanol–water partition coefficient (Wildman–Crippen LogP) is 4.74. The maximum Gasteiger partial charge on any atom is 0.416 e. The average Bonchev–Trinajstić information content (AvgIpc) is 2.94. The molecule has 12 heteroatoms. The van der Waals surface area contributed by atoms with Crippen molar-refractivity contribution in [3.63, 3.8) is 0 Å². The molecule has 2 N–H and O–H groups in total. The molecule has 0 spiro atoms. The van der Waals surface area contributed by atoms with Crippen LogP contribution in [0.3, 0.4) is 0 Å². The minimum Gasteiger partial charge on any atom is -0.356 e. The summed E-state index contributed by atoms with van der Waals surface area (Å²) in [5.41, 5.74) is 0.702. The minimum atomic E-state index is -4.61. The monoisotopic (exact) mass is 549 g/mol. The summed E-state index contributed by atoms with van der Waals surface area (Å²) < 4.78 is 78.8. The van der Waals surface area contributed by atoms with Crippen LogP contribution in [0.15, 0.2) is 29.3 Å². The molecule has 5 nitrogen and oxygen atoms in total. The lowest BCUT2D eigenvalue weighted by Gasteiger charge is -2.17. The molecule has 0 bridgehead atoms. The fraction of sp³-hybridized carbons (Fsp3) is 0.444. The predicted molar refractivity (Wildman–Crippen MR) is 112 cm³/mol. The second-order valence-electron chi connectivity index (χ2n) is 6.40. The van der Waals surface area contributed by atoms with Crippen LogP contribution in [0.2, 0.25) is 0 Å². The number of nitrogens with one attached hydrogen (secondary N) is 2. The smallest absolute Gasteiger partial charge is 0.356 e. The van der Waals surface area contributed by atoms with Crippen molar-refractivity contribution in [3.05, 3.63) is 46.8 Å². The van der Waals surface area contributed by atoms with E-state index in [0.717, 1.165) is 6.07 Å². The Bertz CT molecular complexity index is 873. The molecule has 0 aliphatic heterocycles. The van der Waals surface area contributed by atoms with Crippen LogP contribution in [-0.2, 0) is 12.7 Å². The molecule has 1 heterocycles. The first-order valence-corrected chi connectivity index (χ1v) is 8.66. The highest BCUT2D eigenvalue weighted by Crippen LogP contribution is 2.33. The van der Waals surface area contributed by atoms with Crippen molar-refractivity contribution in [2.24, 2.45) is 4.99 Å². The molecule has 0 radical (unpaired) electrons. The number of hydrogen-bond donors (Lipinski definition) is 2. The second-order valence-corrected chi connectivity index (χ2v) is 6.40. The lowest BCUT2D eigenvalue weighted by atomic mass is 10.1. The highest BCUT2D eigenvalue weighted by Gasteiger charge is 2.34. The van der Waals surface area contributed by atoms with Gasteiger partial charge in [0.25, 0.3) is 0 Å². The van der Waals surface area contributed by atoms with E-state index in [4.69, 9.17) is 0 Å². The van der Waals surface area contributed by atoms with Crippen LogP contribution in [0, 0.1) is 13.8 Å². The Morgan fingerprint density at radius 1 is 1.07 bits per heavy atom. The zero-order valence-electron chi connectivity index (χ0n) is 16.4. The molecule has 0 fully saturated rings. The number of guanidine groups is 1. The standard InChI is InChI=1S/C18H21F6N5.HI/c1-11-8-12(2)29(28-11)14-5-4-13(15(9-14)18(22,23)24)10-27-16(25-3)26-7-6-17(19,20)21;/h4-5,8-9H,6-7,10H2,1-3H3,(H2,25,26,27);1H. The number of nitrogens with zero attached hydrogens (tertiary/aromatic N) is 3. The quantitative estimate of drug-likeness (QED) is 0.245. The van der Waals surface area contributed by atoms with Crippen molar-refractivity contribution >= 4 is 29.9 Å². The molecule has 1 aromatic heterocycles. The maximum absolute atomic E-state index is 13.6. The number of aromatic nitrogens is 2. The van der Waals surface area contributed by atoms with Crippen LogP contribution in [0.25, 0.3) is 5.69 Å². The summed E-state index contributed by atoms with van der Waals surface area (Å²) in [6, 6.07) is 5.56. The molecule has 168 valence electrons. The van der Waals surface area contributed by atoms with E-state index in [9.17, 15) is 26.3 Å². The lowest BCUT2D eigenvalue weighted by molar-refractivity contribution is -0.138. The van der Waals surface area contributed by atoms with Gasteiger partial charge >= 0.3 is 12.4 Å². The Labute approximate surface area is 187 Å².